The van der Waals surface area contributed by atoms with E-state index in [0.29, 0.717) is 6.04 Å². The van der Waals surface area contributed by atoms with E-state index < -0.39 is 0 Å². The molecule has 1 amide bonds. The molecule has 5 rings (SSSR count). The van der Waals surface area contributed by atoms with Crippen molar-refractivity contribution in [2.24, 2.45) is 0 Å². The number of likely N-dealkylation sites (tertiary alicyclic amines) is 1. The maximum atomic E-state index is 12.2. The van der Waals surface area contributed by atoms with Crippen molar-refractivity contribution < 1.29 is 4.79 Å². The summed E-state index contributed by atoms with van der Waals surface area (Å²) in [7, 11) is 0. The lowest BCUT2D eigenvalue weighted by atomic mass is 10.0. The number of carbonyl (C=O) groups excluding carboxylic acids is 1. The van der Waals surface area contributed by atoms with Crippen LogP contribution in [0.5, 0.6) is 0 Å². The molecule has 2 aromatic carbocycles. The maximum Gasteiger partial charge on any atom is 0.253 e. The van der Waals surface area contributed by atoms with Crippen molar-refractivity contribution in [1.82, 2.24) is 10.2 Å². The van der Waals surface area contributed by atoms with Crippen molar-refractivity contribution in [2.45, 2.75) is 57.0 Å². The van der Waals surface area contributed by atoms with Gasteiger partial charge in [-0.2, -0.15) is 0 Å². The summed E-state index contributed by atoms with van der Waals surface area (Å²) in [6.45, 7) is 4.25. The molecule has 0 unspecified atom stereocenters. The molecule has 1 aliphatic carbocycles. The van der Waals surface area contributed by atoms with E-state index in [-0.39, 0.29) is 5.91 Å². The fourth-order valence-corrected chi connectivity index (χ4v) is 4.39. The molecular formula is C26H35N3O. The topological polar surface area (TPSA) is 35.6 Å². The second-order valence-corrected chi connectivity index (χ2v) is 8.76. The number of carbonyl (C=O) groups is 1. The number of nitrogens with one attached hydrogen (secondary N) is 1. The van der Waals surface area contributed by atoms with Crippen LogP contribution in [0.1, 0.15) is 55.3 Å². The smallest absolute Gasteiger partial charge is 0.253 e. The first-order chi connectivity index (χ1) is 14.8. The third kappa shape index (κ3) is 6.09. The van der Waals surface area contributed by atoms with Gasteiger partial charge in [0.25, 0.3) is 5.91 Å². The second-order valence-electron chi connectivity index (χ2n) is 8.76. The van der Waals surface area contributed by atoms with Crippen molar-refractivity contribution in [3.8, 4) is 0 Å². The molecule has 2 aliphatic heterocycles. The summed E-state index contributed by atoms with van der Waals surface area (Å²) in [5, 5.41) is 3.65. The third-order valence-electron chi connectivity index (χ3n) is 6.33. The summed E-state index contributed by atoms with van der Waals surface area (Å²) >= 11 is 0. The summed E-state index contributed by atoms with van der Waals surface area (Å²) in [6, 6.07) is 21.7. The molecule has 1 saturated carbocycles. The van der Waals surface area contributed by atoms with E-state index in [2.05, 4.69) is 40.5 Å². The van der Waals surface area contributed by atoms with Gasteiger partial charge in [-0.25, -0.2) is 0 Å². The van der Waals surface area contributed by atoms with E-state index in [4.69, 9.17) is 0 Å². The summed E-state index contributed by atoms with van der Waals surface area (Å²) in [6.07, 6.45) is 8.98. The molecule has 2 saturated heterocycles. The average molecular weight is 406 g/mol. The zero-order valence-corrected chi connectivity index (χ0v) is 18.0. The second kappa shape index (κ2) is 10.6. The Morgan fingerprint density at radius 3 is 1.87 bits per heavy atom. The van der Waals surface area contributed by atoms with Crippen molar-refractivity contribution >= 4 is 11.6 Å². The zero-order chi connectivity index (χ0) is 20.6. The quantitative estimate of drug-likeness (QED) is 0.799. The average Bonchev–Trinajstić information content (AvgIpc) is 3.65. The lowest BCUT2D eigenvalue weighted by Crippen LogP contribution is -2.45. The van der Waals surface area contributed by atoms with Crippen LogP contribution in [-0.4, -0.2) is 49.1 Å². The number of nitrogens with zero attached hydrogens (tertiary/aromatic N) is 2. The van der Waals surface area contributed by atoms with Crippen LogP contribution < -0.4 is 10.2 Å². The van der Waals surface area contributed by atoms with Crippen LogP contribution >= 0.6 is 0 Å². The van der Waals surface area contributed by atoms with Crippen molar-refractivity contribution in [1.29, 1.82) is 0 Å². The molecule has 3 fully saturated rings. The molecule has 3 aliphatic rings. The molecule has 0 bridgehead atoms. The van der Waals surface area contributed by atoms with Crippen molar-refractivity contribution in [3.63, 3.8) is 0 Å². The van der Waals surface area contributed by atoms with Crippen LogP contribution in [-0.2, 0) is 0 Å². The highest BCUT2D eigenvalue weighted by Gasteiger charge is 2.28. The highest BCUT2D eigenvalue weighted by molar-refractivity contribution is 5.94. The van der Waals surface area contributed by atoms with Gasteiger partial charge < -0.3 is 15.1 Å². The van der Waals surface area contributed by atoms with E-state index in [1.807, 2.05) is 35.2 Å². The Balaban J connectivity index is 0.000000158. The zero-order valence-electron chi connectivity index (χ0n) is 18.0. The van der Waals surface area contributed by atoms with Gasteiger partial charge in [-0.1, -0.05) is 36.4 Å². The van der Waals surface area contributed by atoms with E-state index in [0.717, 1.165) is 37.5 Å². The summed E-state index contributed by atoms with van der Waals surface area (Å²) in [5.41, 5.74) is 2.20. The van der Waals surface area contributed by atoms with Gasteiger partial charge in [0, 0.05) is 49.5 Å². The predicted octanol–water partition coefficient (Wildman–Crippen LogP) is 4.72. The van der Waals surface area contributed by atoms with Crippen LogP contribution in [0.15, 0.2) is 60.7 Å². The molecule has 160 valence electrons. The van der Waals surface area contributed by atoms with E-state index >= 15 is 0 Å². The normalized spacial score (nSPS) is 19.7. The van der Waals surface area contributed by atoms with Crippen LogP contribution in [0.3, 0.4) is 0 Å². The number of anilines is 1. The highest BCUT2D eigenvalue weighted by atomic mass is 16.2. The fourth-order valence-electron chi connectivity index (χ4n) is 4.39. The van der Waals surface area contributed by atoms with Gasteiger partial charge in [0.05, 0.1) is 0 Å². The van der Waals surface area contributed by atoms with Crippen molar-refractivity contribution in [3.05, 3.63) is 66.2 Å². The number of hydrogen-bond donors (Lipinski definition) is 1. The van der Waals surface area contributed by atoms with E-state index in [1.54, 1.807) is 0 Å². The predicted molar refractivity (Wildman–Crippen MR) is 124 cm³/mol. The number of rotatable bonds is 4. The number of piperidine rings is 2. The molecule has 2 aromatic rings. The third-order valence-corrected chi connectivity index (χ3v) is 6.33. The van der Waals surface area contributed by atoms with Gasteiger partial charge >= 0.3 is 0 Å². The fraction of sp³-hybridized carbons (Fsp3) is 0.500. The summed E-state index contributed by atoms with van der Waals surface area (Å²) in [5.74, 6) is 0.181. The van der Waals surface area contributed by atoms with Crippen LogP contribution in [0.4, 0.5) is 5.69 Å². The van der Waals surface area contributed by atoms with Crippen LogP contribution in [0, 0.1) is 0 Å². The van der Waals surface area contributed by atoms with E-state index in [9.17, 15) is 4.79 Å². The molecule has 30 heavy (non-hydrogen) atoms. The van der Waals surface area contributed by atoms with Gasteiger partial charge in [0.2, 0.25) is 0 Å². The van der Waals surface area contributed by atoms with Gasteiger partial charge in [-0.05, 0) is 69.2 Å². The molecule has 2 heterocycles. The summed E-state index contributed by atoms with van der Waals surface area (Å²) in [4.78, 5) is 16.7. The van der Waals surface area contributed by atoms with Crippen molar-refractivity contribution in [2.75, 3.05) is 31.1 Å². The molecular weight excluding hydrogens is 370 g/mol. The minimum absolute atomic E-state index is 0.181. The largest absolute Gasteiger partial charge is 0.372 e. The van der Waals surface area contributed by atoms with Gasteiger partial charge in [0.15, 0.2) is 0 Å². The Kier molecular flexibility index (Phi) is 7.41. The lowest BCUT2D eigenvalue weighted by molar-refractivity contribution is 0.0705. The number of benzene rings is 2. The Hall–Kier alpha value is -2.33. The Morgan fingerprint density at radius 1 is 0.700 bits per heavy atom. The summed E-state index contributed by atoms with van der Waals surface area (Å²) < 4.78 is 0. The first-order valence-corrected chi connectivity index (χ1v) is 11.7. The minimum Gasteiger partial charge on any atom is -0.372 e. The molecule has 1 N–H and O–H groups in total. The minimum atomic E-state index is 0.181. The van der Waals surface area contributed by atoms with Gasteiger partial charge in [-0.15, -0.1) is 0 Å². The number of amides is 1. The molecule has 4 nitrogen and oxygen atoms in total. The first-order valence-electron chi connectivity index (χ1n) is 11.7. The van der Waals surface area contributed by atoms with Crippen LogP contribution in [0.2, 0.25) is 0 Å². The first kappa shape index (κ1) is 20.9. The molecule has 4 heteroatoms. The van der Waals surface area contributed by atoms with Gasteiger partial charge in [0.1, 0.15) is 0 Å². The molecule has 0 spiro atoms. The molecule has 0 aromatic heterocycles. The van der Waals surface area contributed by atoms with E-state index in [1.165, 1.54) is 50.9 Å². The molecule has 0 atom stereocenters. The number of para-hydroxylation sites is 1. The maximum absolute atomic E-state index is 12.2. The van der Waals surface area contributed by atoms with Crippen LogP contribution in [0.25, 0.3) is 0 Å². The van der Waals surface area contributed by atoms with Gasteiger partial charge in [-0.3, -0.25) is 4.79 Å². The standard InChI is InChI=1S/C15H20N2O.C11H15N/c18-15(12-4-2-1-3-5-12)17-10-8-14(9-11-17)16-13-6-7-13;1-3-7-11(8-4-1)12-9-5-2-6-10-12/h1-5,13-14,16H,6-11H2;1,3-4,7-8H,2,5-6,9-10H2. The Morgan fingerprint density at radius 2 is 1.27 bits per heavy atom. The Labute approximate surface area is 181 Å². The SMILES string of the molecule is O=C(c1ccccc1)N1CCC(NC2CC2)CC1.c1ccc(N2CCCCC2)cc1. The monoisotopic (exact) mass is 405 g/mol. The molecule has 0 radical (unpaired) electrons. The lowest BCUT2D eigenvalue weighted by Gasteiger charge is -2.32. The number of hydrogen-bond acceptors (Lipinski definition) is 3. The Bertz CT molecular complexity index is 761. The highest BCUT2D eigenvalue weighted by Crippen LogP contribution is 2.23.